The van der Waals surface area contributed by atoms with Crippen LogP contribution in [0.2, 0.25) is 0 Å². The number of halogens is 2. The highest BCUT2D eigenvalue weighted by Gasteiger charge is 2.28. The molecular weight excluding hydrogens is 722 g/mol. The van der Waals surface area contributed by atoms with E-state index in [0.717, 1.165) is 18.3 Å². The number of benzene rings is 5. The van der Waals surface area contributed by atoms with Crippen molar-refractivity contribution >= 4 is 68.4 Å². The highest BCUT2D eigenvalue weighted by Crippen LogP contribution is 2.35. The zero-order valence-electron chi connectivity index (χ0n) is 21.6. The first-order chi connectivity index (χ1) is 19.5. The summed E-state index contributed by atoms with van der Waals surface area (Å²) < 4.78 is 1.74. The predicted molar refractivity (Wildman–Crippen MR) is 179 cm³/mol. The molecule has 0 saturated heterocycles. The molecule has 0 radical (unpaired) electrons. The van der Waals surface area contributed by atoms with Crippen molar-refractivity contribution in [2.24, 2.45) is 0 Å². The third-order valence-corrected chi connectivity index (χ3v) is 8.41. The molecule has 0 aliphatic carbocycles. The number of hydrogen-bond acceptors (Lipinski definition) is 2. The minimum Gasteiger partial charge on any atom is -0.302 e. The van der Waals surface area contributed by atoms with Gasteiger partial charge in [0.2, 0.25) is 0 Å². The highest BCUT2D eigenvalue weighted by atomic mass is 127. The standard InChI is InChI=1S/C34H26I2N2O2/c35-29-19-9-7-17-27(29)33(39)37(23-25-13-3-1-4-14-25)31-21-11-12-22-32(31)38(24-26-15-5-2-6-16-26)34(40)28-18-8-10-20-30(28)36/h1-22H,23-24H2. The summed E-state index contributed by atoms with van der Waals surface area (Å²) in [7, 11) is 0. The van der Waals surface area contributed by atoms with Crippen LogP contribution in [0.1, 0.15) is 31.8 Å². The molecule has 198 valence electrons. The van der Waals surface area contributed by atoms with Crippen molar-refractivity contribution < 1.29 is 9.59 Å². The zero-order chi connectivity index (χ0) is 27.9. The van der Waals surface area contributed by atoms with Crippen molar-refractivity contribution in [3.63, 3.8) is 0 Å². The lowest BCUT2D eigenvalue weighted by Crippen LogP contribution is -2.36. The first-order valence-corrected chi connectivity index (χ1v) is 15.0. The van der Waals surface area contributed by atoms with E-state index in [1.54, 1.807) is 9.80 Å². The van der Waals surface area contributed by atoms with Gasteiger partial charge in [-0.2, -0.15) is 0 Å². The Morgan fingerprint density at radius 1 is 0.450 bits per heavy atom. The van der Waals surface area contributed by atoms with E-state index in [4.69, 9.17) is 0 Å². The van der Waals surface area contributed by atoms with Crippen LogP contribution in [0.4, 0.5) is 11.4 Å². The Bertz CT molecular complexity index is 1500. The number of nitrogens with zero attached hydrogens (tertiary/aromatic N) is 2. The van der Waals surface area contributed by atoms with Gasteiger partial charge in [-0.3, -0.25) is 9.59 Å². The van der Waals surface area contributed by atoms with Gasteiger partial charge in [0, 0.05) is 7.14 Å². The quantitative estimate of drug-likeness (QED) is 0.149. The fraction of sp³-hybridized carbons (Fsp3) is 0.0588. The van der Waals surface area contributed by atoms with E-state index >= 15 is 0 Å². The lowest BCUT2D eigenvalue weighted by molar-refractivity contribution is 0.0972. The van der Waals surface area contributed by atoms with Crippen LogP contribution < -0.4 is 9.80 Å². The molecule has 6 heteroatoms. The molecule has 5 aromatic rings. The van der Waals surface area contributed by atoms with Gasteiger partial charge in [0.15, 0.2) is 0 Å². The van der Waals surface area contributed by atoms with Gasteiger partial charge in [0.1, 0.15) is 0 Å². The van der Waals surface area contributed by atoms with Crippen molar-refractivity contribution in [3.05, 3.63) is 163 Å². The molecule has 0 bridgehead atoms. The van der Waals surface area contributed by atoms with E-state index in [9.17, 15) is 9.59 Å². The third kappa shape index (κ3) is 6.45. The van der Waals surface area contributed by atoms with Crippen LogP contribution in [0.25, 0.3) is 0 Å². The van der Waals surface area contributed by atoms with E-state index in [1.165, 1.54) is 0 Å². The van der Waals surface area contributed by atoms with Crippen LogP contribution in [0.3, 0.4) is 0 Å². The van der Waals surface area contributed by atoms with E-state index in [0.29, 0.717) is 35.6 Å². The van der Waals surface area contributed by atoms with Crippen molar-refractivity contribution in [3.8, 4) is 0 Å². The van der Waals surface area contributed by atoms with Crippen molar-refractivity contribution in [1.29, 1.82) is 0 Å². The largest absolute Gasteiger partial charge is 0.302 e. The summed E-state index contributed by atoms with van der Waals surface area (Å²) in [6.45, 7) is 0.718. The van der Waals surface area contributed by atoms with Crippen molar-refractivity contribution in [2.45, 2.75) is 13.1 Å². The van der Waals surface area contributed by atoms with Crippen LogP contribution in [-0.2, 0) is 13.1 Å². The number of para-hydroxylation sites is 2. The van der Waals surface area contributed by atoms with Crippen LogP contribution in [0.5, 0.6) is 0 Å². The summed E-state index contributed by atoms with van der Waals surface area (Å²) in [6.07, 6.45) is 0. The number of anilines is 2. The fourth-order valence-corrected chi connectivity index (χ4v) is 5.78. The molecule has 0 aliphatic heterocycles. The Labute approximate surface area is 261 Å². The Hall–Kier alpha value is -3.50. The topological polar surface area (TPSA) is 40.6 Å². The Morgan fingerprint density at radius 2 is 0.775 bits per heavy atom. The highest BCUT2D eigenvalue weighted by molar-refractivity contribution is 14.1. The number of hydrogen-bond donors (Lipinski definition) is 0. The molecule has 0 heterocycles. The van der Waals surface area contributed by atoms with Gasteiger partial charge in [-0.25, -0.2) is 0 Å². The van der Waals surface area contributed by atoms with Crippen LogP contribution in [0, 0.1) is 7.14 Å². The Balaban J connectivity index is 1.66. The van der Waals surface area contributed by atoms with Gasteiger partial charge in [-0.15, -0.1) is 0 Å². The molecule has 0 aliphatic rings. The summed E-state index contributed by atoms with van der Waals surface area (Å²) in [4.78, 5) is 32.0. The Morgan fingerprint density at radius 3 is 1.15 bits per heavy atom. The average molecular weight is 748 g/mol. The third-order valence-electron chi connectivity index (χ3n) is 6.53. The monoisotopic (exact) mass is 748 g/mol. The first kappa shape index (κ1) is 28.0. The minimum atomic E-state index is -0.122. The number of carbonyl (C=O) groups is 2. The van der Waals surface area contributed by atoms with Crippen molar-refractivity contribution in [1.82, 2.24) is 0 Å². The summed E-state index contributed by atoms with van der Waals surface area (Å²) in [5, 5.41) is 0. The van der Waals surface area contributed by atoms with Crippen LogP contribution in [-0.4, -0.2) is 11.8 Å². The van der Waals surface area contributed by atoms with E-state index in [1.807, 2.05) is 133 Å². The van der Waals surface area contributed by atoms with Gasteiger partial charge >= 0.3 is 0 Å². The van der Waals surface area contributed by atoms with Gasteiger partial charge in [0.05, 0.1) is 35.6 Å². The molecular formula is C34H26I2N2O2. The number of carbonyl (C=O) groups excluding carboxylic acids is 2. The molecule has 0 saturated carbocycles. The lowest BCUT2D eigenvalue weighted by Gasteiger charge is -2.31. The summed E-state index contributed by atoms with van der Waals surface area (Å²) in [5.74, 6) is -0.245. The second-order valence-corrected chi connectivity index (χ2v) is 11.5. The van der Waals surface area contributed by atoms with E-state index in [-0.39, 0.29) is 11.8 Å². The summed E-state index contributed by atoms with van der Waals surface area (Å²) in [5.41, 5.74) is 4.57. The maximum Gasteiger partial charge on any atom is 0.259 e. The minimum absolute atomic E-state index is 0.122. The van der Waals surface area contributed by atoms with Crippen LogP contribution in [0.15, 0.2) is 133 Å². The molecule has 0 N–H and O–H groups in total. The lowest BCUT2D eigenvalue weighted by atomic mass is 10.1. The SMILES string of the molecule is O=C(c1ccccc1I)N(Cc1ccccc1)c1ccccc1N(Cc1ccccc1)C(=O)c1ccccc1I. The van der Waals surface area contributed by atoms with Gasteiger partial charge in [0.25, 0.3) is 11.8 Å². The normalized spacial score (nSPS) is 10.7. The maximum atomic E-state index is 14.2. The molecule has 0 aromatic heterocycles. The molecule has 2 amide bonds. The average Bonchev–Trinajstić information content (AvgIpc) is 3.00. The molecule has 0 atom stereocenters. The summed E-state index contributed by atoms with van der Waals surface area (Å²) >= 11 is 4.41. The molecule has 5 rings (SSSR count). The van der Waals surface area contributed by atoms with Gasteiger partial charge in [-0.1, -0.05) is 97.1 Å². The van der Waals surface area contributed by atoms with Gasteiger partial charge < -0.3 is 9.80 Å². The summed E-state index contributed by atoms with van der Waals surface area (Å²) in [6, 6.07) is 42.7. The second kappa shape index (κ2) is 13.2. The van der Waals surface area contributed by atoms with Gasteiger partial charge in [-0.05, 0) is 92.7 Å². The second-order valence-electron chi connectivity index (χ2n) is 9.20. The number of rotatable bonds is 8. The number of amides is 2. The Kier molecular flexibility index (Phi) is 9.28. The maximum absolute atomic E-state index is 14.2. The molecule has 4 nitrogen and oxygen atoms in total. The van der Waals surface area contributed by atoms with Crippen molar-refractivity contribution in [2.75, 3.05) is 9.80 Å². The molecule has 0 fully saturated rings. The first-order valence-electron chi connectivity index (χ1n) is 12.8. The molecule has 0 unspecified atom stereocenters. The van der Waals surface area contributed by atoms with E-state index in [2.05, 4.69) is 45.2 Å². The fourth-order valence-electron chi connectivity index (χ4n) is 4.55. The predicted octanol–water partition coefficient (Wildman–Crippen LogP) is 8.59. The van der Waals surface area contributed by atoms with E-state index < -0.39 is 0 Å². The molecule has 40 heavy (non-hydrogen) atoms. The van der Waals surface area contributed by atoms with Crippen LogP contribution >= 0.6 is 45.2 Å². The molecule has 0 spiro atoms. The smallest absolute Gasteiger partial charge is 0.259 e. The molecule has 5 aromatic carbocycles. The zero-order valence-corrected chi connectivity index (χ0v) is 25.9.